The van der Waals surface area contributed by atoms with Crippen molar-refractivity contribution < 1.29 is 9.53 Å². The molecule has 1 rings (SSSR count). The maximum absolute atomic E-state index is 12.0. The highest BCUT2D eigenvalue weighted by Gasteiger charge is 2.10. The Morgan fingerprint density at radius 2 is 2.21 bits per heavy atom. The highest BCUT2D eigenvalue weighted by molar-refractivity contribution is 5.99. The fourth-order valence-electron chi connectivity index (χ4n) is 1.55. The van der Waals surface area contributed by atoms with Crippen LogP contribution in [0.5, 0.6) is 0 Å². The van der Waals surface area contributed by atoms with E-state index in [9.17, 15) is 4.79 Å². The molecule has 0 bridgehead atoms. The molecule has 0 fully saturated rings. The minimum Gasteiger partial charge on any atom is -0.383 e. The Hall–Kier alpha value is -1.62. The zero-order valence-electron chi connectivity index (χ0n) is 11.9. The number of pyridine rings is 1. The van der Waals surface area contributed by atoms with E-state index in [-0.39, 0.29) is 12.0 Å². The second kappa shape index (κ2) is 8.48. The number of nitrogens with zero attached hydrogens (tertiary/aromatic N) is 1. The van der Waals surface area contributed by atoms with Crippen molar-refractivity contribution in [1.82, 2.24) is 10.3 Å². The van der Waals surface area contributed by atoms with Gasteiger partial charge in [0.2, 0.25) is 0 Å². The van der Waals surface area contributed by atoms with Crippen LogP contribution in [0.3, 0.4) is 0 Å². The number of hydrogen-bond donors (Lipinski definition) is 2. The van der Waals surface area contributed by atoms with Crippen LogP contribution in [0.4, 0.5) is 5.69 Å². The molecular weight excluding hydrogens is 242 g/mol. The van der Waals surface area contributed by atoms with Gasteiger partial charge >= 0.3 is 0 Å². The van der Waals surface area contributed by atoms with Gasteiger partial charge in [0.1, 0.15) is 0 Å². The number of anilines is 1. The minimum atomic E-state index is -0.103. The molecule has 1 aromatic heterocycles. The Labute approximate surface area is 114 Å². The van der Waals surface area contributed by atoms with Gasteiger partial charge in [-0.15, -0.1) is 0 Å². The molecule has 0 aliphatic rings. The molecule has 0 aliphatic heterocycles. The van der Waals surface area contributed by atoms with Crippen LogP contribution in [0.25, 0.3) is 0 Å². The predicted octanol–water partition coefficient (Wildman–Crippen LogP) is 2.06. The first-order valence-corrected chi connectivity index (χ1v) is 6.72. The van der Waals surface area contributed by atoms with Crippen LogP contribution in [0.2, 0.25) is 0 Å². The number of carbonyl (C=O) groups is 1. The van der Waals surface area contributed by atoms with Crippen molar-refractivity contribution in [3.8, 4) is 0 Å². The van der Waals surface area contributed by atoms with Crippen LogP contribution in [-0.2, 0) is 4.74 Å². The zero-order chi connectivity index (χ0) is 14.1. The van der Waals surface area contributed by atoms with Crippen molar-refractivity contribution in [2.45, 2.75) is 33.3 Å². The van der Waals surface area contributed by atoms with E-state index in [4.69, 9.17) is 4.74 Å². The summed E-state index contributed by atoms with van der Waals surface area (Å²) in [7, 11) is 0. The molecule has 5 heteroatoms. The lowest BCUT2D eigenvalue weighted by molar-refractivity contribution is 0.0747. The first-order valence-electron chi connectivity index (χ1n) is 6.72. The first-order chi connectivity index (χ1) is 9.15. The average Bonchev–Trinajstić information content (AvgIpc) is 2.41. The van der Waals surface area contributed by atoms with Gasteiger partial charge in [-0.05, 0) is 26.3 Å². The van der Waals surface area contributed by atoms with Gasteiger partial charge in [-0.1, -0.05) is 6.92 Å². The number of carbonyl (C=O) groups excluding carboxylic acids is 1. The molecule has 1 amide bonds. The van der Waals surface area contributed by atoms with E-state index in [0.717, 1.165) is 18.7 Å². The Morgan fingerprint density at radius 3 is 2.89 bits per heavy atom. The topological polar surface area (TPSA) is 63.2 Å². The highest BCUT2D eigenvalue weighted by Crippen LogP contribution is 2.12. The first kappa shape index (κ1) is 15.4. The molecule has 0 saturated carbocycles. The lowest BCUT2D eigenvalue weighted by Crippen LogP contribution is -2.28. The standard InChI is InChI=1S/C14H23N3O2/c1-4-6-16-13-10-15-7-5-12(13)14(18)17-8-9-19-11(2)3/h5,7,10-11,16H,4,6,8-9H2,1-3H3,(H,17,18). The minimum absolute atomic E-state index is 0.103. The summed E-state index contributed by atoms with van der Waals surface area (Å²) in [6.45, 7) is 7.86. The summed E-state index contributed by atoms with van der Waals surface area (Å²) in [6, 6.07) is 1.72. The van der Waals surface area contributed by atoms with E-state index in [2.05, 4.69) is 22.5 Å². The largest absolute Gasteiger partial charge is 0.383 e. The Bertz CT molecular complexity index is 394. The highest BCUT2D eigenvalue weighted by atomic mass is 16.5. The van der Waals surface area contributed by atoms with E-state index in [0.29, 0.717) is 18.7 Å². The molecule has 0 aromatic carbocycles. The van der Waals surface area contributed by atoms with Crippen LogP contribution in [-0.4, -0.2) is 36.7 Å². The van der Waals surface area contributed by atoms with Gasteiger partial charge < -0.3 is 15.4 Å². The van der Waals surface area contributed by atoms with E-state index in [1.165, 1.54) is 0 Å². The van der Waals surface area contributed by atoms with Crippen LogP contribution in [0, 0.1) is 0 Å². The monoisotopic (exact) mass is 265 g/mol. The molecular formula is C14H23N3O2. The molecule has 19 heavy (non-hydrogen) atoms. The van der Waals surface area contributed by atoms with Crippen LogP contribution >= 0.6 is 0 Å². The fourth-order valence-corrected chi connectivity index (χ4v) is 1.55. The smallest absolute Gasteiger partial charge is 0.253 e. The number of ether oxygens (including phenoxy) is 1. The molecule has 0 aliphatic carbocycles. The number of aromatic nitrogens is 1. The van der Waals surface area contributed by atoms with Crippen LogP contribution < -0.4 is 10.6 Å². The summed E-state index contributed by atoms with van der Waals surface area (Å²) in [5.74, 6) is -0.103. The summed E-state index contributed by atoms with van der Waals surface area (Å²) in [6.07, 6.45) is 4.48. The lowest BCUT2D eigenvalue weighted by atomic mass is 10.2. The molecule has 106 valence electrons. The number of hydrogen-bond acceptors (Lipinski definition) is 4. The third kappa shape index (κ3) is 5.70. The maximum Gasteiger partial charge on any atom is 0.253 e. The van der Waals surface area contributed by atoms with Gasteiger partial charge in [-0.25, -0.2) is 0 Å². The van der Waals surface area contributed by atoms with E-state index >= 15 is 0 Å². The predicted molar refractivity (Wildman–Crippen MR) is 76.4 cm³/mol. The number of rotatable bonds is 8. The molecule has 1 aromatic rings. The molecule has 2 N–H and O–H groups in total. The quantitative estimate of drug-likeness (QED) is 0.706. The molecule has 0 unspecified atom stereocenters. The molecule has 1 heterocycles. The molecule has 0 atom stereocenters. The van der Waals surface area contributed by atoms with E-state index in [1.54, 1.807) is 18.5 Å². The van der Waals surface area contributed by atoms with Crippen molar-refractivity contribution in [2.24, 2.45) is 0 Å². The summed E-state index contributed by atoms with van der Waals surface area (Å²) >= 11 is 0. The third-order valence-corrected chi connectivity index (χ3v) is 2.47. The lowest BCUT2D eigenvalue weighted by Gasteiger charge is -2.12. The second-order valence-corrected chi connectivity index (χ2v) is 4.52. The van der Waals surface area contributed by atoms with Crippen molar-refractivity contribution >= 4 is 11.6 Å². The van der Waals surface area contributed by atoms with Gasteiger partial charge in [0, 0.05) is 19.3 Å². The van der Waals surface area contributed by atoms with Gasteiger partial charge in [-0.2, -0.15) is 0 Å². The second-order valence-electron chi connectivity index (χ2n) is 4.52. The summed E-state index contributed by atoms with van der Waals surface area (Å²) in [4.78, 5) is 16.1. The van der Waals surface area contributed by atoms with Crippen LogP contribution in [0.15, 0.2) is 18.5 Å². The average molecular weight is 265 g/mol. The molecule has 0 radical (unpaired) electrons. The zero-order valence-corrected chi connectivity index (χ0v) is 11.9. The van der Waals surface area contributed by atoms with Crippen molar-refractivity contribution in [1.29, 1.82) is 0 Å². The summed E-state index contributed by atoms with van der Waals surface area (Å²) in [5, 5.41) is 6.04. The Morgan fingerprint density at radius 1 is 1.42 bits per heavy atom. The third-order valence-electron chi connectivity index (χ3n) is 2.47. The molecule has 0 spiro atoms. The SMILES string of the molecule is CCCNc1cnccc1C(=O)NCCOC(C)C. The van der Waals surface area contributed by atoms with E-state index < -0.39 is 0 Å². The number of nitrogens with one attached hydrogen (secondary N) is 2. The van der Waals surface area contributed by atoms with Gasteiger partial charge in [0.05, 0.1) is 30.2 Å². The summed E-state index contributed by atoms with van der Waals surface area (Å²) < 4.78 is 5.38. The van der Waals surface area contributed by atoms with Crippen molar-refractivity contribution in [3.05, 3.63) is 24.0 Å². The van der Waals surface area contributed by atoms with Crippen LogP contribution in [0.1, 0.15) is 37.6 Å². The van der Waals surface area contributed by atoms with Gasteiger partial charge in [0.15, 0.2) is 0 Å². The normalized spacial score (nSPS) is 10.5. The summed E-state index contributed by atoms with van der Waals surface area (Å²) in [5.41, 5.74) is 1.39. The van der Waals surface area contributed by atoms with Crippen molar-refractivity contribution in [3.63, 3.8) is 0 Å². The van der Waals surface area contributed by atoms with Gasteiger partial charge in [-0.3, -0.25) is 9.78 Å². The van der Waals surface area contributed by atoms with Crippen molar-refractivity contribution in [2.75, 3.05) is 25.0 Å². The van der Waals surface area contributed by atoms with Gasteiger partial charge in [0.25, 0.3) is 5.91 Å². The molecule has 5 nitrogen and oxygen atoms in total. The fraction of sp³-hybridized carbons (Fsp3) is 0.571. The Kier molecular flexibility index (Phi) is 6.89. The number of amides is 1. The Balaban J connectivity index is 2.51. The van der Waals surface area contributed by atoms with E-state index in [1.807, 2.05) is 13.8 Å². The molecule has 0 saturated heterocycles. The maximum atomic E-state index is 12.0.